The van der Waals surface area contributed by atoms with E-state index in [4.69, 9.17) is 4.74 Å². The molecule has 0 aromatic heterocycles. The van der Waals surface area contributed by atoms with E-state index in [1.54, 1.807) is 0 Å². The number of allylic oxidation sites excluding steroid dienone is 2. The average Bonchev–Trinajstić information content (AvgIpc) is 3.38. The summed E-state index contributed by atoms with van der Waals surface area (Å²) < 4.78 is 5.75. The van der Waals surface area contributed by atoms with E-state index in [0.717, 1.165) is 58.0 Å². The molecule has 0 saturated heterocycles. The predicted octanol–water partition coefficient (Wildman–Crippen LogP) is 23.5. The number of carbonyl (C=O) groups excluding carboxylic acids is 2. The molecule has 4 heteroatoms. The second-order valence-corrected chi connectivity index (χ2v) is 23.3. The van der Waals surface area contributed by atoms with Crippen LogP contribution in [0.15, 0.2) is 12.2 Å². The van der Waals surface area contributed by atoms with Crippen LogP contribution in [0.1, 0.15) is 387 Å². The van der Waals surface area contributed by atoms with Gasteiger partial charge in [-0.25, -0.2) is 0 Å². The topological polar surface area (TPSA) is 46.6 Å². The molecule has 0 aliphatic carbocycles. The molecule has 0 saturated carbocycles. The number of hydrogen-bond acceptors (Lipinski definition) is 3. The summed E-state index contributed by atoms with van der Waals surface area (Å²) in [5.74, 6) is -0.164. The second kappa shape index (κ2) is 62.2. The van der Waals surface area contributed by atoms with Crippen LogP contribution < -0.4 is 0 Å². The summed E-state index contributed by atoms with van der Waals surface area (Å²) in [6, 6.07) is 0. The van der Waals surface area contributed by atoms with E-state index in [1.807, 2.05) is 0 Å². The summed E-state index contributed by atoms with van der Waals surface area (Å²) in [5.41, 5.74) is 0. The fraction of sp³-hybridized carbons (Fsp3) is 0.941. The van der Waals surface area contributed by atoms with E-state index in [9.17, 15) is 9.59 Å². The van der Waals surface area contributed by atoms with Crippen molar-refractivity contribution in [2.24, 2.45) is 5.92 Å². The van der Waals surface area contributed by atoms with Crippen molar-refractivity contribution in [2.45, 2.75) is 387 Å². The number of rotatable bonds is 62. The molecular formula is C68H133NO3. The zero-order valence-corrected chi connectivity index (χ0v) is 50.1. The van der Waals surface area contributed by atoms with Crippen molar-refractivity contribution in [3.8, 4) is 0 Å². The smallest absolute Gasteiger partial charge is 0.306 e. The summed E-state index contributed by atoms with van der Waals surface area (Å²) in [6.07, 6.45) is 78.3. The van der Waals surface area contributed by atoms with Gasteiger partial charge < -0.3 is 9.64 Å². The fourth-order valence-electron chi connectivity index (χ4n) is 10.9. The van der Waals surface area contributed by atoms with Gasteiger partial charge >= 0.3 is 5.97 Å². The Hall–Kier alpha value is -1.32. The third-order valence-electron chi connectivity index (χ3n) is 16.0. The lowest BCUT2D eigenvalue weighted by molar-refractivity contribution is -0.149. The van der Waals surface area contributed by atoms with Gasteiger partial charge in [-0.05, 0) is 51.4 Å². The Balaban J connectivity index is 4.07. The van der Waals surface area contributed by atoms with Gasteiger partial charge in [-0.15, -0.1) is 0 Å². The van der Waals surface area contributed by atoms with Crippen molar-refractivity contribution in [1.29, 1.82) is 0 Å². The first-order valence-electron chi connectivity index (χ1n) is 33.7. The molecule has 72 heavy (non-hydrogen) atoms. The highest BCUT2D eigenvalue weighted by molar-refractivity contribution is 5.83. The monoisotopic (exact) mass is 1010 g/mol. The van der Waals surface area contributed by atoms with E-state index in [2.05, 4.69) is 44.7 Å². The Bertz CT molecular complexity index is 1060. The van der Waals surface area contributed by atoms with Gasteiger partial charge in [0.1, 0.15) is 0 Å². The average molecular weight is 1010 g/mol. The number of hydrogen-bond donors (Lipinski definition) is 0. The highest BCUT2D eigenvalue weighted by atomic mass is 16.5. The zero-order chi connectivity index (χ0) is 52.2. The summed E-state index contributed by atoms with van der Waals surface area (Å²) in [5, 5.41) is 0. The van der Waals surface area contributed by atoms with Gasteiger partial charge in [0.2, 0.25) is 5.91 Å². The minimum absolute atomic E-state index is 0.159. The van der Waals surface area contributed by atoms with Gasteiger partial charge in [0, 0.05) is 19.0 Å². The first kappa shape index (κ1) is 70.7. The summed E-state index contributed by atoms with van der Waals surface area (Å²) in [6.45, 7) is 11.3. The zero-order valence-electron chi connectivity index (χ0n) is 50.1. The maximum absolute atomic E-state index is 14.2. The lowest BCUT2D eigenvalue weighted by atomic mass is 9.95. The maximum Gasteiger partial charge on any atom is 0.306 e. The van der Waals surface area contributed by atoms with E-state index < -0.39 is 0 Å². The quantitative estimate of drug-likeness (QED) is 0.0346. The number of esters is 1. The van der Waals surface area contributed by atoms with Crippen LogP contribution in [0.5, 0.6) is 0 Å². The summed E-state index contributed by atoms with van der Waals surface area (Å²) in [7, 11) is 0. The van der Waals surface area contributed by atoms with Crippen molar-refractivity contribution in [3.63, 3.8) is 0 Å². The van der Waals surface area contributed by atoms with Crippen LogP contribution in [0.4, 0.5) is 0 Å². The minimum atomic E-state index is -0.232. The van der Waals surface area contributed by atoms with Crippen LogP contribution >= 0.6 is 0 Å². The molecule has 0 aliphatic heterocycles. The maximum atomic E-state index is 14.2. The van der Waals surface area contributed by atoms with E-state index in [1.165, 1.54) is 308 Å². The Morgan fingerprint density at radius 3 is 0.875 bits per heavy atom. The molecule has 0 bridgehead atoms. The molecule has 0 heterocycles. The van der Waals surface area contributed by atoms with Crippen LogP contribution in [0.25, 0.3) is 0 Å². The largest absolute Gasteiger partial charge is 0.466 e. The normalized spacial score (nSPS) is 12.1. The molecule has 0 rings (SSSR count). The third kappa shape index (κ3) is 54.9. The van der Waals surface area contributed by atoms with Crippen LogP contribution in [-0.2, 0) is 14.3 Å². The third-order valence-corrected chi connectivity index (χ3v) is 16.0. The molecule has 1 unspecified atom stereocenters. The van der Waals surface area contributed by atoms with Gasteiger partial charge in [0.25, 0.3) is 0 Å². The second-order valence-electron chi connectivity index (χ2n) is 23.3. The van der Waals surface area contributed by atoms with Crippen molar-refractivity contribution in [3.05, 3.63) is 12.2 Å². The Morgan fingerprint density at radius 2 is 0.569 bits per heavy atom. The molecule has 4 nitrogen and oxygen atoms in total. The van der Waals surface area contributed by atoms with Gasteiger partial charge in [0.05, 0.1) is 13.0 Å². The SMILES string of the molecule is CCCCCCCCCCCCCCCCCCCCCCCCCCC/C=C/CCCCCCCCCCCC(CC(=O)OCCCCCCCC)C(=O)N(CCCCCCCC)CCCCCCCC. The van der Waals surface area contributed by atoms with Crippen LogP contribution in [0, 0.1) is 5.92 Å². The summed E-state index contributed by atoms with van der Waals surface area (Å²) >= 11 is 0. The molecular weight excluding hydrogens is 879 g/mol. The highest BCUT2D eigenvalue weighted by Crippen LogP contribution is 2.22. The lowest BCUT2D eigenvalue weighted by Gasteiger charge is -2.27. The standard InChI is InChI=1S/C68H133NO3/c1-5-9-13-17-21-22-23-24-25-26-27-28-29-30-31-32-33-34-35-36-37-38-39-40-41-42-43-44-45-46-47-48-49-50-51-52-53-57-61-66(65-67(70)72-64-60-56-20-16-12-8-4)68(71)69(62-58-54-18-14-10-6-2)63-59-55-19-15-11-7-3/h43-44,66H,5-42,45-65H2,1-4H3/b44-43+. The van der Waals surface area contributed by atoms with Crippen molar-refractivity contribution < 1.29 is 14.3 Å². The number of carbonyl (C=O) groups is 2. The molecule has 0 N–H and O–H groups in total. The van der Waals surface area contributed by atoms with Gasteiger partial charge in [-0.3, -0.25) is 9.59 Å². The van der Waals surface area contributed by atoms with Crippen LogP contribution in [0.3, 0.4) is 0 Å². The molecule has 1 atom stereocenters. The summed E-state index contributed by atoms with van der Waals surface area (Å²) in [4.78, 5) is 29.5. The Morgan fingerprint density at radius 1 is 0.319 bits per heavy atom. The highest BCUT2D eigenvalue weighted by Gasteiger charge is 2.27. The molecule has 0 aromatic rings. The molecule has 0 spiro atoms. The van der Waals surface area contributed by atoms with Crippen molar-refractivity contribution in [1.82, 2.24) is 4.90 Å². The number of amides is 1. The van der Waals surface area contributed by atoms with Crippen LogP contribution in [0.2, 0.25) is 0 Å². The van der Waals surface area contributed by atoms with Crippen LogP contribution in [-0.4, -0.2) is 36.5 Å². The lowest BCUT2D eigenvalue weighted by Crippen LogP contribution is -2.38. The van der Waals surface area contributed by atoms with Crippen molar-refractivity contribution in [2.75, 3.05) is 19.7 Å². The molecule has 428 valence electrons. The Labute approximate surface area is 454 Å². The van der Waals surface area contributed by atoms with E-state index in [0.29, 0.717) is 6.61 Å². The van der Waals surface area contributed by atoms with E-state index >= 15 is 0 Å². The first-order chi connectivity index (χ1) is 35.6. The molecule has 0 radical (unpaired) electrons. The molecule has 0 aliphatic rings. The first-order valence-corrected chi connectivity index (χ1v) is 33.7. The Kier molecular flexibility index (Phi) is 61.1. The number of nitrogens with zero attached hydrogens (tertiary/aromatic N) is 1. The van der Waals surface area contributed by atoms with E-state index in [-0.39, 0.29) is 24.2 Å². The fourth-order valence-corrected chi connectivity index (χ4v) is 10.9. The number of unbranched alkanes of at least 4 members (excludes halogenated alkanes) is 49. The predicted molar refractivity (Wildman–Crippen MR) is 321 cm³/mol. The number of ether oxygens (including phenoxy) is 1. The molecule has 1 amide bonds. The van der Waals surface area contributed by atoms with Gasteiger partial charge in [0.15, 0.2) is 0 Å². The van der Waals surface area contributed by atoms with Crippen molar-refractivity contribution >= 4 is 11.9 Å². The molecule has 0 aromatic carbocycles. The van der Waals surface area contributed by atoms with Gasteiger partial charge in [-0.1, -0.05) is 342 Å². The minimum Gasteiger partial charge on any atom is -0.466 e. The molecule has 0 fully saturated rings. The van der Waals surface area contributed by atoms with Gasteiger partial charge in [-0.2, -0.15) is 0 Å².